The Labute approximate surface area is 121 Å². The maximum atomic E-state index is 3.66. The van der Waals surface area contributed by atoms with E-state index in [2.05, 4.69) is 59.7 Å². The van der Waals surface area contributed by atoms with Crippen molar-refractivity contribution >= 4 is 10.8 Å². The summed E-state index contributed by atoms with van der Waals surface area (Å²) in [6.45, 7) is 4.61. The molecule has 1 unspecified atom stereocenters. The zero-order valence-corrected chi connectivity index (χ0v) is 12.3. The molecule has 0 spiro atoms. The lowest BCUT2D eigenvalue weighted by atomic mass is 9.98. The first kappa shape index (κ1) is 13.6. The van der Waals surface area contributed by atoms with E-state index in [1.807, 2.05) is 0 Å². The highest BCUT2D eigenvalue weighted by Gasteiger charge is 2.16. The van der Waals surface area contributed by atoms with Gasteiger partial charge in [0.1, 0.15) is 0 Å². The van der Waals surface area contributed by atoms with Crippen molar-refractivity contribution in [2.24, 2.45) is 5.92 Å². The van der Waals surface area contributed by atoms with Crippen molar-refractivity contribution in [2.45, 2.75) is 19.4 Å². The Morgan fingerprint density at radius 1 is 1.15 bits per heavy atom. The molecule has 0 aromatic heterocycles. The number of hydrogen-bond donors (Lipinski definition) is 1. The number of nitrogens with one attached hydrogen (secondary N) is 1. The van der Waals surface area contributed by atoms with Gasteiger partial charge in [0.2, 0.25) is 0 Å². The monoisotopic (exact) mass is 268 g/mol. The third kappa shape index (κ3) is 3.20. The lowest BCUT2D eigenvalue weighted by Crippen LogP contribution is -2.37. The van der Waals surface area contributed by atoms with Crippen LogP contribution in [0, 0.1) is 5.92 Å². The Morgan fingerprint density at radius 2 is 2.00 bits per heavy atom. The number of piperidine rings is 1. The first-order valence-electron chi connectivity index (χ1n) is 7.69. The highest BCUT2D eigenvalue weighted by molar-refractivity contribution is 5.85. The zero-order chi connectivity index (χ0) is 13.8. The summed E-state index contributed by atoms with van der Waals surface area (Å²) in [7, 11) is 2.23. The van der Waals surface area contributed by atoms with Crippen molar-refractivity contribution < 1.29 is 0 Å². The zero-order valence-electron chi connectivity index (χ0n) is 12.3. The van der Waals surface area contributed by atoms with Crippen LogP contribution in [0.4, 0.5) is 0 Å². The second-order valence-electron chi connectivity index (χ2n) is 6.04. The van der Waals surface area contributed by atoms with Crippen LogP contribution in [0.3, 0.4) is 0 Å². The van der Waals surface area contributed by atoms with Gasteiger partial charge in [-0.3, -0.25) is 0 Å². The molecule has 2 aromatic carbocycles. The van der Waals surface area contributed by atoms with Crippen LogP contribution in [0.1, 0.15) is 18.4 Å². The normalized spacial score (nSPS) is 20.4. The van der Waals surface area contributed by atoms with E-state index >= 15 is 0 Å². The molecule has 1 N–H and O–H groups in total. The van der Waals surface area contributed by atoms with Crippen LogP contribution in [0.25, 0.3) is 10.8 Å². The van der Waals surface area contributed by atoms with Crippen LogP contribution in [0.5, 0.6) is 0 Å². The third-order valence-corrected chi connectivity index (χ3v) is 4.35. The number of hydrogen-bond acceptors (Lipinski definition) is 2. The molecule has 3 rings (SSSR count). The molecule has 0 radical (unpaired) electrons. The van der Waals surface area contributed by atoms with Gasteiger partial charge in [-0.05, 0) is 55.2 Å². The Morgan fingerprint density at radius 3 is 2.90 bits per heavy atom. The van der Waals surface area contributed by atoms with E-state index in [1.165, 1.54) is 42.3 Å². The largest absolute Gasteiger partial charge is 0.312 e. The smallest absolute Gasteiger partial charge is 0.0211 e. The molecule has 2 heteroatoms. The second-order valence-corrected chi connectivity index (χ2v) is 6.04. The number of benzene rings is 2. The highest BCUT2D eigenvalue weighted by Crippen LogP contribution is 2.19. The van der Waals surface area contributed by atoms with Gasteiger partial charge in [-0.2, -0.15) is 0 Å². The van der Waals surface area contributed by atoms with Crippen molar-refractivity contribution in [3.63, 3.8) is 0 Å². The minimum Gasteiger partial charge on any atom is -0.312 e. The number of likely N-dealkylation sites (tertiary alicyclic amines) is 1. The van der Waals surface area contributed by atoms with E-state index < -0.39 is 0 Å². The van der Waals surface area contributed by atoms with Gasteiger partial charge < -0.3 is 10.2 Å². The Kier molecular flexibility index (Phi) is 4.34. The molecule has 20 heavy (non-hydrogen) atoms. The summed E-state index contributed by atoms with van der Waals surface area (Å²) < 4.78 is 0. The van der Waals surface area contributed by atoms with Crippen molar-refractivity contribution in [3.05, 3.63) is 48.0 Å². The van der Waals surface area contributed by atoms with E-state index in [0.717, 1.165) is 19.0 Å². The molecule has 0 bridgehead atoms. The van der Waals surface area contributed by atoms with Crippen LogP contribution in [0.2, 0.25) is 0 Å². The van der Waals surface area contributed by atoms with Gasteiger partial charge in [0.15, 0.2) is 0 Å². The second kappa shape index (κ2) is 6.38. The maximum absolute atomic E-state index is 3.66. The maximum Gasteiger partial charge on any atom is 0.0211 e. The van der Waals surface area contributed by atoms with Crippen LogP contribution < -0.4 is 5.32 Å². The molecule has 0 amide bonds. The minimum absolute atomic E-state index is 0.809. The Hall–Kier alpha value is -1.38. The van der Waals surface area contributed by atoms with Crippen LogP contribution in [0.15, 0.2) is 42.5 Å². The van der Waals surface area contributed by atoms with Crippen LogP contribution in [-0.4, -0.2) is 31.6 Å². The number of nitrogens with zero attached hydrogens (tertiary/aromatic N) is 1. The molecule has 1 saturated heterocycles. The molecule has 1 heterocycles. The van der Waals surface area contributed by atoms with Gasteiger partial charge in [0.25, 0.3) is 0 Å². The first-order valence-corrected chi connectivity index (χ1v) is 7.69. The van der Waals surface area contributed by atoms with E-state index in [9.17, 15) is 0 Å². The highest BCUT2D eigenvalue weighted by atomic mass is 15.1. The molecule has 2 aromatic rings. The van der Waals surface area contributed by atoms with Crippen molar-refractivity contribution in [3.8, 4) is 0 Å². The molecule has 1 atom stereocenters. The molecule has 1 aliphatic rings. The van der Waals surface area contributed by atoms with Crippen molar-refractivity contribution in [2.75, 3.05) is 26.7 Å². The van der Waals surface area contributed by atoms with Crippen LogP contribution >= 0.6 is 0 Å². The lowest BCUT2D eigenvalue weighted by molar-refractivity contribution is 0.206. The van der Waals surface area contributed by atoms with E-state index in [1.54, 1.807) is 0 Å². The van der Waals surface area contributed by atoms with Gasteiger partial charge in [-0.25, -0.2) is 0 Å². The predicted octanol–water partition coefficient (Wildman–Crippen LogP) is 3.27. The topological polar surface area (TPSA) is 15.3 Å². The first-order chi connectivity index (χ1) is 9.83. The van der Waals surface area contributed by atoms with E-state index in [4.69, 9.17) is 0 Å². The summed E-state index contributed by atoms with van der Waals surface area (Å²) in [5.74, 6) is 0.809. The summed E-state index contributed by atoms with van der Waals surface area (Å²) in [5, 5.41) is 6.37. The van der Waals surface area contributed by atoms with E-state index in [0.29, 0.717) is 0 Å². The number of fused-ring (bicyclic) bond motifs is 1. The molecule has 0 aliphatic carbocycles. The number of rotatable bonds is 4. The molecular formula is C18H24N2. The summed E-state index contributed by atoms with van der Waals surface area (Å²) in [4.78, 5) is 2.45. The van der Waals surface area contributed by atoms with Crippen molar-refractivity contribution in [1.82, 2.24) is 10.2 Å². The third-order valence-electron chi connectivity index (χ3n) is 4.35. The van der Waals surface area contributed by atoms with E-state index in [-0.39, 0.29) is 0 Å². The van der Waals surface area contributed by atoms with Gasteiger partial charge in [0, 0.05) is 13.1 Å². The lowest BCUT2D eigenvalue weighted by Gasteiger charge is -2.29. The summed E-state index contributed by atoms with van der Waals surface area (Å²) in [6.07, 6.45) is 2.71. The quantitative estimate of drug-likeness (QED) is 0.915. The summed E-state index contributed by atoms with van der Waals surface area (Å²) >= 11 is 0. The molecule has 1 fully saturated rings. The van der Waals surface area contributed by atoms with Crippen molar-refractivity contribution in [1.29, 1.82) is 0 Å². The van der Waals surface area contributed by atoms with Gasteiger partial charge in [-0.1, -0.05) is 42.5 Å². The molecule has 1 aliphatic heterocycles. The van der Waals surface area contributed by atoms with Crippen LogP contribution in [-0.2, 0) is 6.54 Å². The standard InChI is InChI=1S/C18H24N2/c1-20-11-5-6-15(14-20)12-19-13-17-9-4-8-16-7-2-3-10-18(16)17/h2-4,7-10,15,19H,5-6,11-14H2,1H3. The minimum atomic E-state index is 0.809. The average Bonchev–Trinajstić information content (AvgIpc) is 2.48. The Balaban J connectivity index is 1.60. The fraction of sp³-hybridized carbons (Fsp3) is 0.444. The summed E-state index contributed by atoms with van der Waals surface area (Å²) in [5.41, 5.74) is 1.41. The SMILES string of the molecule is CN1CCCC(CNCc2cccc3ccccc23)C1. The van der Waals surface area contributed by atoms with Gasteiger partial charge in [-0.15, -0.1) is 0 Å². The Bertz CT molecular complexity index is 559. The molecule has 2 nitrogen and oxygen atoms in total. The molecule has 0 saturated carbocycles. The fourth-order valence-electron chi connectivity index (χ4n) is 3.30. The van der Waals surface area contributed by atoms with Gasteiger partial charge in [0.05, 0.1) is 0 Å². The fourth-order valence-corrected chi connectivity index (χ4v) is 3.30. The van der Waals surface area contributed by atoms with Gasteiger partial charge >= 0.3 is 0 Å². The molecule has 106 valence electrons. The molecular weight excluding hydrogens is 244 g/mol. The predicted molar refractivity (Wildman–Crippen MR) is 85.9 cm³/mol. The summed E-state index contributed by atoms with van der Waals surface area (Å²) in [6, 6.07) is 15.2. The average molecular weight is 268 g/mol.